The van der Waals surface area contributed by atoms with E-state index < -0.39 is 12.0 Å². The van der Waals surface area contributed by atoms with Crippen molar-refractivity contribution in [3.63, 3.8) is 0 Å². The number of nitrogens with zero attached hydrogens (tertiary/aromatic N) is 1. The molecule has 0 spiro atoms. The second-order valence-electron chi connectivity index (χ2n) is 8.82. The molecule has 180 valence electrons. The van der Waals surface area contributed by atoms with Gasteiger partial charge in [0.2, 0.25) is 11.8 Å². The fraction of sp³-hybridized carbons (Fsp3) is 0.333. The van der Waals surface area contributed by atoms with Gasteiger partial charge in [-0.2, -0.15) is 5.26 Å². The van der Waals surface area contributed by atoms with E-state index in [1.807, 2.05) is 48.5 Å². The number of H-pyrrole nitrogens is 1. The third-order valence-electron chi connectivity index (χ3n) is 6.43. The second-order valence-corrected chi connectivity index (χ2v) is 8.82. The molecule has 0 unspecified atom stereocenters. The molecular weight excluding hydrogens is 444 g/mol. The molecule has 1 aliphatic heterocycles. The maximum absolute atomic E-state index is 13.3. The number of fused-ring (bicyclic) bond motifs is 1. The zero-order chi connectivity index (χ0) is 24.8. The molecule has 8 heteroatoms. The number of carbonyl (C=O) groups excluding carboxylic acids is 3. The van der Waals surface area contributed by atoms with Crippen molar-refractivity contribution >= 4 is 28.5 Å². The quantitative estimate of drug-likeness (QED) is 0.391. The molecule has 2 amide bonds. The number of carbonyl (C=O) groups is 3. The smallest absolute Gasteiger partial charge is 0.224 e. The van der Waals surface area contributed by atoms with Crippen molar-refractivity contribution in [2.45, 2.75) is 31.7 Å². The predicted molar refractivity (Wildman–Crippen MR) is 131 cm³/mol. The van der Waals surface area contributed by atoms with Crippen LogP contribution in [0.15, 0.2) is 54.6 Å². The second kappa shape index (κ2) is 10.9. The number of ketones is 1. The minimum Gasteiger partial charge on any atom is -0.496 e. The summed E-state index contributed by atoms with van der Waals surface area (Å²) in [4.78, 5) is 41.5. The Hall–Kier alpha value is -4.12. The van der Waals surface area contributed by atoms with Gasteiger partial charge in [0.1, 0.15) is 11.8 Å². The van der Waals surface area contributed by atoms with Crippen LogP contribution in [0.25, 0.3) is 10.9 Å². The Morgan fingerprint density at radius 2 is 2.00 bits per heavy atom. The first kappa shape index (κ1) is 24.0. The molecule has 3 N–H and O–H groups in total. The molecule has 0 radical (unpaired) electrons. The Morgan fingerprint density at radius 1 is 1.20 bits per heavy atom. The van der Waals surface area contributed by atoms with Crippen LogP contribution in [0.2, 0.25) is 0 Å². The van der Waals surface area contributed by atoms with Crippen molar-refractivity contribution in [3.05, 3.63) is 65.9 Å². The summed E-state index contributed by atoms with van der Waals surface area (Å²) in [6.07, 6.45) is 1.21. The predicted octanol–water partition coefficient (Wildman–Crippen LogP) is 3.14. The van der Waals surface area contributed by atoms with E-state index in [4.69, 9.17) is 4.74 Å². The normalized spacial score (nSPS) is 16.8. The van der Waals surface area contributed by atoms with E-state index in [2.05, 4.69) is 21.7 Å². The molecule has 0 saturated carbocycles. The average molecular weight is 473 g/mol. The van der Waals surface area contributed by atoms with Crippen LogP contribution in [0.1, 0.15) is 35.3 Å². The maximum Gasteiger partial charge on any atom is 0.224 e. The highest BCUT2D eigenvalue weighted by Crippen LogP contribution is 2.27. The van der Waals surface area contributed by atoms with Gasteiger partial charge >= 0.3 is 0 Å². The Bertz CT molecular complexity index is 1260. The lowest BCUT2D eigenvalue weighted by atomic mass is 9.91. The first-order valence-electron chi connectivity index (χ1n) is 11.7. The van der Waals surface area contributed by atoms with Gasteiger partial charge in [-0.25, -0.2) is 0 Å². The summed E-state index contributed by atoms with van der Waals surface area (Å²) >= 11 is 0. The highest BCUT2D eigenvalue weighted by Gasteiger charge is 2.30. The van der Waals surface area contributed by atoms with Crippen LogP contribution >= 0.6 is 0 Å². The highest BCUT2D eigenvalue weighted by molar-refractivity contribution is 6.02. The molecule has 2 aromatic carbocycles. The topological polar surface area (TPSA) is 124 Å². The number of hydrogen-bond acceptors (Lipinski definition) is 5. The van der Waals surface area contributed by atoms with Crippen LogP contribution < -0.4 is 15.4 Å². The molecule has 1 fully saturated rings. The van der Waals surface area contributed by atoms with Crippen LogP contribution in [-0.2, 0) is 16.0 Å². The van der Waals surface area contributed by atoms with Crippen LogP contribution in [0.3, 0.4) is 0 Å². The van der Waals surface area contributed by atoms with E-state index >= 15 is 0 Å². The maximum atomic E-state index is 13.3. The molecule has 4 rings (SSSR count). The van der Waals surface area contributed by atoms with Gasteiger partial charge in [-0.05, 0) is 43.0 Å². The van der Waals surface area contributed by atoms with Crippen molar-refractivity contribution < 1.29 is 19.1 Å². The van der Waals surface area contributed by atoms with Gasteiger partial charge in [0.25, 0.3) is 0 Å². The lowest BCUT2D eigenvalue weighted by Crippen LogP contribution is -2.41. The lowest BCUT2D eigenvalue weighted by Gasteiger charge is -2.20. The molecule has 2 heterocycles. The van der Waals surface area contributed by atoms with Crippen molar-refractivity contribution in [3.8, 4) is 11.8 Å². The largest absolute Gasteiger partial charge is 0.496 e. The summed E-state index contributed by atoms with van der Waals surface area (Å²) in [6.45, 7) is 0.579. The van der Waals surface area contributed by atoms with E-state index in [0.29, 0.717) is 30.8 Å². The van der Waals surface area contributed by atoms with Gasteiger partial charge < -0.3 is 20.4 Å². The minimum absolute atomic E-state index is 0.0298. The van der Waals surface area contributed by atoms with Gasteiger partial charge in [-0.1, -0.05) is 36.4 Å². The fourth-order valence-corrected chi connectivity index (χ4v) is 4.53. The number of amides is 2. The highest BCUT2D eigenvalue weighted by atomic mass is 16.5. The summed E-state index contributed by atoms with van der Waals surface area (Å²) in [6, 6.07) is 18.0. The monoisotopic (exact) mass is 472 g/mol. The van der Waals surface area contributed by atoms with E-state index in [-0.39, 0.29) is 36.4 Å². The van der Waals surface area contributed by atoms with Crippen LogP contribution in [0.4, 0.5) is 0 Å². The number of aromatic nitrogens is 1. The molecule has 8 nitrogen and oxygen atoms in total. The van der Waals surface area contributed by atoms with Gasteiger partial charge in [-0.15, -0.1) is 0 Å². The van der Waals surface area contributed by atoms with Gasteiger partial charge in [0, 0.05) is 35.7 Å². The minimum atomic E-state index is -0.804. The summed E-state index contributed by atoms with van der Waals surface area (Å²) in [5.74, 6) is -0.986. The average Bonchev–Trinajstić information content (AvgIpc) is 3.49. The number of hydrogen-bond donors (Lipinski definition) is 3. The molecule has 35 heavy (non-hydrogen) atoms. The summed E-state index contributed by atoms with van der Waals surface area (Å²) in [5, 5.41) is 15.9. The zero-order valence-corrected chi connectivity index (χ0v) is 19.5. The van der Waals surface area contributed by atoms with Crippen molar-refractivity contribution in [2.75, 3.05) is 13.7 Å². The standard InChI is InChI=1S/C27H28N4O4/c1-35-25-9-5-8-22-21(25)15-23(31-22)24(32)14-19(12-17-6-3-2-4-7-17)27(34)30-20(16-28)13-18-10-11-29-26(18)33/h2-9,15,18-20,31H,10-14H2,1H3,(H,29,33)(H,30,34)/t18-,19+,20-/m0/s1. The Labute approximate surface area is 203 Å². The van der Waals surface area contributed by atoms with E-state index in [1.165, 1.54) is 0 Å². The number of Topliss-reactive ketones (excluding diaryl/α,β-unsaturated/α-hetero) is 1. The van der Waals surface area contributed by atoms with Crippen molar-refractivity contribution in [2.24, 2.45) is 11.8 Å². The van der Waals surface area contributed by atoms with Crippen LogP contribution in [0.5, 0.6) is 5.75 Å². The molecule has 1 aliphatic rings. The number of ether oxygens (including phenoxy) is 1. The number of methoxy groups -OCH3 is 1. The first-order valence-corrected chi connectivity index (χ1v) is 11.7. The Kier molecular flexibility index (Phi) is 7.46. The van der Waals surface area contributed by atoms with Gasteiger partial charge in [0.15, 0.2) is 5.78 Å². The molecular formula is C27H28N4O4. The van der Waals surface area contributed by atoms with Gasteiger partial charge in [-0.3, -0.25) is 14.4 Å². The SMILES string of the molecule is COc1cccc2[nH]c(C(=O)C[C@@H](Cc3ccccc3)C(=O)N[C@H](C#N)C[C@@H]3CCNC3=O)cc12. The van der Waals surface area contributed by atoms with Crippen molar-refractivity contribution in [1.29, 1.82) is 5.26 Å². The van der Waals surface area contributed by atoms with E-state index in [0.717, 1.165) is 16.5 Å². The molecule has 3 aromatic rings. The third-order valence-corrected chi connectivity index (χ3v) is 6.43. The number of nitriles is 1. The lowest BCUT2D eigenvalue weighted by molar-refractivity contribution is -0.126. The summed E-state index contributed by atoms with van der Waals surface area (Å²) in [7, 11) is 1.57. The molecule has 0 aliphatic carbocycles. The summed E-state index contributed by atoms with van der Waals surface area (Å²) in [5.41, 5.74) is 2.09. The van der Waals surface area contributed by atoms with Crippen LogP contribution in [-0.4, -0.2) is 42.3 Å². The Balaban J connectivity index is 1.52. The summed E-state index contributed by atoms with van der Waals surface area (Å²) < 4.78 is 5.38. The number of aromatic amines is 1. The van der Waals surface area contributed by atoms with Crippen LogP contribution in [0, 0.1) is 23.2 Å². The van der Waals surface area contributed by atoms with Crippen molar-refractivity contribution in [1.82, 2.24) is 15.6 Å². The molecule has 0 bridgehead atoms. The number of benzene rings is 2. The fourth-order valence-electron chi connectivity index (χ4n) is 4.53. The van der Waals surface area contributed by atoms with E-state index in [9.17, 15) is 19.6 Å². The molecule has 3 atom stereocenters. The zero-order valence-electron chi connectivity index (χ0n) is 19.5. The number of rotatable bonds is 10. The third kappa shape index (κ3) is 5.69. The number of nitrogens with one attached hydrogen (secondary N) is 3. The Morgan fingerprint density at radius 3 is 2.69 bits per heavy atom. The molecule has 1 saturated heterocycles. The molecule has 1 aromatic heterocycles. The van der Waals surface area contributed by atoms with E-state index in [1.54, 1.807) is 13.2 Å². The van der Waals surface area contributed by atoms with Gasteiger partial charge in [0.05, 0.1) is 18.9 Å². The first-order chi connectivity index (χ1) is 17.0.